The van der Waals surface area contributed by atoms with Crippen LogP contribution in [0.15, 0.2) is 0 Å². The maximum atomic E-state index is 10.6. The second-order valence-corrected chi connectivity index (χ2v) is 3.54. The van der Waals surface area contributed by atoms with Crippen LogP contribution in [-0.2, 0) is 9.53 Å². The average molecular weight is 208 g/mol. The van der Waals surface area contributed by atoms with Crippen LogP contribution in [0.5, 0.6) is 0 Å². The molecule has 1 atom stereocenters. The second-order valence-electron chi connectivity index (χ2n) is 2.56. The van der Waals surface area contributed by atoms with Gasteiger partial charge in [-0.3, -0.25) is 0 Å². The fraction of sp³-hybridized carbons (Fsp3) is 0.875. The Morgan fingerprint density at radius 1 is 1.62 bits per heavy atom. The molecule has 0 saturated carbocycles. The quantitative estimate of drug-likeness (QED) is 0.571. The van der Waals surface area contributed by atoms with Crippen LogP contribution in [0.1, 0.15) is 12.8 Å². The molecule has 0 aliphatic heterocycles. The van der Waals surface area contributed by atoms with E-state index in [1.54, 1.807) is 11.8 Å². The monoisotopic (exact) mass is 208 g/mol. The van der Waals surface area contributed by atoms with Gasteiger partial charge in [0.05, 0.1) is 0 Å². The lowest BCUT2D eigenvalue weighted by atomic mass is 10.3. The van der Waals surface area contributed by atoms with Crippen LogP contribution in [0.2, 0.25) is 0 Å². The molecular weight excluding hydrogens is 192 g/mol. The summed E-state index contributed by atoms with van der Waals surface area (Å²) in [5.41, 5.74) is 0. The number of hydrogen-bond acceptors (Lipinski definition) is 4. The third-order valence-corrected chi connectivity index (χ3v) is 2.13. The number of carbonyl (C=O) groups is 1. The highest BCUT2D eigenvalue weighted by Crippen LogP contribution is 2.05. The summed E-state index contributed by atoms with van der Waals surface area (Å²) in [6.07, 6.45) is 2.21. The van der Waals surface area contributed by atoms with Gasteiger partial charge in [-0.2, -0.15) is 11.8 Å². The third-order valence-electron chi connectivity index (χ3n) is 1.48. The molecule has 0 aliphatic rings. The molecule has 0 aromatic heterocycles. The number of ether oxygens (including phenoxy) is 1. The Morgan fingerprint density at radius 2 is 2.31 bits per heavy atom. The van der Waals surface area contributed by atoms with E-state index in [4.69, 9.17) is 14.9 Å². The zero-order valence-electron chi connectivity index (χ0n) is 7.73. The van der Waals surface area contributed by atoms with E-state index in [1.165, 1.54) is 0 Å². The van der Waals surface area contributed by atoms with Gasteiger partial charge < -0.3 is 14.9 Å². The molecule has 0 fully saturated rings. The van der Waals surface area contributed by atoms with Crippen LogP contribution in [0.4, 0.5) is 0 Å². The van der Waals surface area contributed by atoms with Gasteiger partial charge >= 0.3 is 5.97 Å². The van der Waals surface area contributed by atoms with Crippen LogP contribution in [0.25, 0.3) is 0 Å². The van der Waals surface area contributed by atoms with E-state index in [-0.39, 0.29) is 6.61 Å². The van der Waals surface area contributed by atoms with E-state index in [0.717, 1.165) is 5.75 Å². The molecule has 0 aromatic carbocycles. The normalized spacial score (nSPS) is 12.8. The topological polar surface area (TPSA) is 66.8 Å². The maximum absolute atomic E-state index is 10.6. The smallest absolute Gasteiger partial charge is 0.332 e. The molecule has 0 bridgehead atoms. The van der Waals surface area contributed by atoms with Crippen molar-refractivity contribution in [3.05, 3.63) is 0 Å². The van der Waals surface area contributed by atoms with Gasteiger partial charge in [0, 0.05) is 13.2 Å². The van der Waals surface area contributed by atoms with E-state index < -0.39 is 12.1 Å². The molecule has 0 spiro atoms. The van der Waals surface area contributed by atoms with Gasteiger partial charge in [-0.25, -0.2) is 4.79 Å². The van der Waals surface area contributed by atoms with Crippen molar-refractivity contribution in [3.63, 3.8) is 0 Å². The molecular formula is C8H16O4S. The Balaban J connectivity index is 3.61. The summed E-state index contributed by atoms with van der Waals surface area (Å²) in [6.45, 7) is 0.344. The highest BCUT2D eigenvalue weighted by molar-refractivity contribution is 7.98. The lowest BCUT2D eigenvalue weighted by Gasteiger charge is -2.12. The second kappa shape index (κ2) is 8.34. The molecule has 5 heteroatoms. The van der Waals surface area contributed by atoms with Crippen LogP contribution in [0.3, 0.4) is 0 Å². The van der Waals surface area contributed by atoms with Gasteiger partial charge in [0.2, 0.25) is 0 Å². The summed E-state index contributed by atoms with van der Waals surface area (Å²) in [6, 6.07) is 0. The molecule has 13 heavy (non-hydrogen) atoms. The van der Waals surface area contributed by atoms with Crippen molar-refractivity contribution < 1.29 is 19.7 Å². The minimum absolute atomic E-state index is 0.0366. The van der Waals surface area contributed by atoms with E-state index >= 15 is 0 Å². The summed E-state index contributed by atoms with van der Waals surface area (Å²) in [7, 11) is 0. The Bertz CT molecular complexity index is 140. The van der Waals surface area contributed by atoms with E-state index in [0.29, 0.717) is 19.4 Å². The first-order chi connectivity index (χ1) is 6.22. The van der Waals surface area contributed by atoms with E-state index in [2.05, 4.69) is 0 Å². The van der Waals surface area contributed by atoms with Crippen molar-refractivity contribution in [3.8, 4) is 0 Å². The molecule has 1 unspecified atom stereocenters. The van der Waals surface area contributed by atoms with Crippen LogP contribution >= 0.6 is 11.8 Å². The van der Waals surface area contributed by atoms with Crippen LogP contribution < -0.4 is 0 Å². The van der Waals surface area contributed by atoms with Gasteiger partial charge in [0.1, 0.15) is 0 Å². The molecule has 0 radical (unpaired) electrons. The Hall–Kier alpha value is -0.260. The molecule has 4 nitrogen and oxygen atoms in total. The van der Waals surface area contributed by atoms with Gasteiger partial charge in [0.15, 0.2) is 6.10 Å². The highest BCUT2D eigenvalue weighted by atomic mass is 32.2. The lowest BCUT2D eigenvalue weighted by Crippen LogP contribution is -2.25. The van der Waals surface area contributed by atoms with Crippen LogP contribution in [0, 0.1) is 0 Å². The van der Waals surface area contributed by atoms with Crippen molar-refractivity contribution in [1.82, 2.24) is 0 Å². The molecule has 0 aromatic rings. The number of carboxylic acid groups (broad SMARTS) is 1. The maximum Gasteiger partial charge on any atom is 0.332 e. The first kappa shape index (κ1) is 12.7. The molecule has 78 valence electrons. The largest absolute Gasteiger partial charge is 0.479 e. The van der Waals surface area contributed by atoms with Crippen molar-refractivity contribution in [2.24, 2.45) is 0 Å². The number of aliphatic hydroxyl groups is 1. The molecule has 0 saturated heterocycles. The van der Waals surface area contributed by atoms with Gasteiger partial charge in [-0.05, 0) is 24.9 Å². The summed E-state index contributed by atoms with van der Waals surface area (Å²) in [5.74, 6) is -0.150. The number of aliphatic carboxylic acids is 1. The minimum atomic E-state index is -0.924. The standard InChI is InChI=1S/C8H16O4S/c1-13-6-3-7(8(10)11)12-5-2-4-9/h7,9H,2-6H2,1H3,(H,10,11). The summed E-state index contributed by atoms with van der Waals surface area (Å²) in [5, 5.41) is 17.2. The Labute approximate surface area is 82.3 Å². The summed E-state index contributed by atoms with van der Waals surface area (Å²) < 4.78 is 5.07. The molecule has 2 N–H and O–H groups in total. The number of carboxylic acids is 1. The van der Waals surface area contributed by atoms with Gasteiger partial charge in [-0.1, -0.05) is 0 Å². The number of hydrogen-bond donors (Lipinski definition) is 2. The number of thioether (sulfide) groups is 1. The van der Waals surface area contributed by atoms with Crippen molar-refractivity contribution in [2.75, 3.05) is 25.2 Å². The number of aliphatic hydroxyl groups excluding tert-OH is 1. The Morgan fingerprint density at radius 3 is 2.77 bits per heavy atom. The molecule has 0 rings (SSSR count). The van der Waals surface area contributed by atoms with Crippen molar-refractivity contribution >= 4 is 17.7 Å². The summed E-state index contributed by atoms with van der Waals surface area (Å²) in [4.78, 5) is 10.6. The minimum Gasteiger partial charge on any atom is -0.479 e. The predicted molar refractivity (Wildman–Crippen MR) is 52.1 cm³/mol. The highest BCUT2D eigenvalue weighted by Gasteiger charge is 2.16. The average Bonchev–Trinajstić information content (AvgIpc) is 2.10. The van der Waals surface area contributed by atoms with Crippen LogP contribution in [-0.4, -0.2) is 47.5 Å². The SMILES string of the molecule is CSCCC(OCCCO)C(=O)O. The zero-order valence-corrected chi connectivity index (χ0v) is 8.55. The first-order valence-corrected chi connectivity index (χ1v) is 5.56. The molecule has 0 amide bonds. The van der Waals surface area contributed by atoms with Crippen molar-refractivity contribution in [1.29, 1.82) is 0 Å². The van der Waals surface area contributed by atoms with E-state index in [1.807, 2.05) is 6.26 Å². The predicted octanol–water partition coefficient (Wildman–Crippen LogP) is 0.592. The van der Waals surface area contributed by atoms with Gasteiger partial charge in [-0.15, -0.1) is 0 Å². The zero-order chi connectivity index (χ0) is 10.1. The lowest BCUT2D eigenvalue weighted by molar-refractivity contribution is -0.150. The van der Waals surface area contributed by atoms with Crippen molar-refractivity contribution in [2.45, 2.75) is 18.9 Å². The third kappa shape index (κ3) is 6.86. The first-order valence-electron chi connectivity index (χ1n) is 4.16. The fourth-order valence-corrected chi connectivity index (χ4v) is 1.24. The van der Waals surface area contributed by atoms with E-state index in [9.17, 15) is 4.79 Å². The Kier molecular flexibility index (Phi) is 8.18. The molecule has 0 heterocycles. The summed E-state index contributed by atoms with van der Waals surface area (Å²) >= 11 is 1.59. The number of rotatable bonds is 8. The van der Waals surface area contributed by atoms with Gasteiger partial charge in [0.25, 0.3) is 0 Å². The fourth-order valence-electron chi connectivity index (χ4n) is 0.793. The molecule has 0 aliphatic carbocycles.